The molecule has 0 fully saturated rings. The van der Waals surface area contributed by atoms with Gasteiger partial charge in [-0.25, -0.2) is 4.57 Å². The van der Waals surface area contributed by atoms with E-state index in [-0.39, 0.29) is 11.5 Å². The van der Waals surface area contributed by atoms with Crippen LogP contribution < -0.4 is 9.05 Å². The van der Waals surface area contributed by atoms with Gasteiger partial charge in [-0.1, -0.05) is 88.3 Å². The normalized spacial score (nSPS) is 11.0. The van der Waals surface area contributed by atoms with Crippen molar-refractivity contribution in [3.05, 3.63) is 60.7 Å². The molecule has 0 heterocycles. The molecule has 0 aliphatic carbocycles. The highest BCUT2D eigenvalue weighted by molar-refractivity contribution is 7.48. The second-order valence-electron chi connectivity index (χ2n) is 6.84. The number of benzene rings is 2. The number of para-hydroxylation sites is 2. The first kappa shape index (κ1) is 27.6. The lowest BCUT2D eigenvalue weighted by Crippen LogP contribution is -1.99. The molecule has 0 aliphatic rings. The molecule has 2 aromatic carbocycles. The first-order valence-electron chi connectivity index (χ1n) is 10.6. The molecule has 0 saturated carbocycles. The molecule has 7 nitrogen and oxygen atoms in total. The zero-order valence-corrected chi connectivity index (χ0v) is 19.8. The summed E-state index contributed by atoms with van der Waals surface area (Å²) in [5.41, 5.74) is 0. The largest absolute Gasteiger partial charge is 0.584 e. The van der Waals surface area contributed by atoms with E-state index in [1.54, 1.807) is 60.7 Å². The summed E-state index contributed by atoms with van der Waals surface area (Å²) in [5, 5.41) is 0. The van der Waals surface area contributed by atoms with Gasteiger partial charge < -0.3 is 23.4 Å². The average Bonchev–Trinajstić information content (AvgIpc) is 2.73. The fourth-order valence-corrected chi connectivity index (χ4v) is 3.74. The van der Waals surface area contributed by atoms with Gasteiger partial charge in [-0.15, -0.1) is 0 Å². The van der Waals surface area contributed by atoms with E-state index in [9.17, 15) is 9.46 Å². The molecule has 2 aromatic rings. The Morgan fingerprint density at radius 3 is 1.58 bits per heavy atom. The highest BCUT2D eigenvalue weighted by Gasteiger charge is 2.24. The first-order valence-corrected chi connectivity index (χ1v) is 13.2. The van der Waals surface area contributed by atoms with Crippen LogP contribution in [0.3, 0.4) is 0 Å². The molecular formula is C22H34O7P2. The molecule has 0 aliphatic heterocycles. The number of hydrogen-bond donors (Lipinski definition) is 3. The van der Waals surface area contributed by atoms with Crippen molar-refractivity contribution in [1.29, 1.82) is 0 Å². The molecule has 0 atom stereocenters. The van der Waals surface area contributed by atoms with Gasteiger partial charge in [0.15, 0.2) is 0 Å². The van der Waals surface area contributed by atoms with Gasteiger partial charge in [0.05, 0.1) is 6.61 Å². The molecule has 2 rings (SSSR count). The van der Waals surface area contributed by atoms with E-state index < -0.39 is 16.4 Å². The molecule has 0 radical (unpaired) electrons. The van der Waals surface area contributed by atoms with Crippen LogP contribution in [0, 0.1) is 0 Å². The summed E-state index contributed by atoms with van der Waals surface area (Å²) in [4.78, 5) is 26.4. The average molecular weight is 472 g/mol. The summed E-state index contributed by atoms with van der Waals surface area (Å²) in [5.74, 6) is 0.573. The maximum absolute atomic E-state index is 11.7. The Labute approximate surface area is 186 Å². The zero-order valence-electron chi connectivity index (χ0n) is 18.0. The van der Waals surface area contributed by atoms with Crippen LogP contribution in [0.4, 0.5) is 0 Å². The van der Waals surface area contributed by atoms with Crippen LogP contribution in [0.5, 0.6) is 11.5 Å². The van der Waals surface area contributed by atoms with Crippen LogP contribution in [0.1, 0.15) is 58.3 Å². The highest BCUT2D eigenvalue weighted by Crippen LogP contribution is 2.44. The Bertz CT molecular complexity index is 669. The third-order valence-corrected chi connectivity index (χ3v) is 5.43. The maximum atomic E-state index is 11.7. The Morgan fingerprint density at radius 2 is 1.16 bits per heavy atom. The van der Waals surface area contributed by atoms with Gasteiger partial charge in [-0.2, -0.15) is 0 Å². The summed E-state index contributed by atoms with van der Waals surface area (Å²) in [6.45, 7) is 2.70. The van der Waals surface area contributed by atoms with Crippen LogP contribution in [-0.2, 0) is 9.09 Å². The number of hydrogen-bond acceptors (Lipinski definition) is 6. The third-order valence-electron chi connectivity index (χ3n) is 4.13. The van der Waals surface area contributed by atoms with E-state index in [4.69, 9.17) is 18.8 Å². The molecular weight excluding hydrogens is 438 g/mol. The van der Waals surface area contributed by atoms with E-state index in [2.05, 4.69) is 11.4 Å². The molecule has 3 N–H and O–H groups in total. The molecule has 174 valence electrons. The van der Waals surface area contributed by atoms with Crippen molar-refractivity contribution in [2.45, 2.75) is 58.3 Å². The quantitative estimate of drug-likeness (QED) is 0.210. The van der Waals surface area contributed by atoms with Gasteiger partial charge >= 0.3 is 16.4 Å². The second kappa shape index (κ2) is 17.1. The predicted molar refractivity (Wildman–Crippen MR) is 124 cm³/mol. The molecule has 0 spiro atoms. The van der Waals surface area contributed by atoms with Crippen molar-refractivity contribution < 1.29 is 32.8 Å². The minimum absolute atomic E-state index is 0.286. The monoisotopic (exact) mass is 472 g/mol. The lowest BCUT2D eigenvalue weighted by atomic mass is 10.1. The van der Waals surface area contributed by atoms with Gasteiger partial charge in [-0.3, -0.25) is 4.89 Å². The predicted octanol–water partition coefficient (Wildman–Crippen LogP) is 6.60. The number of phosphoric acid groups is 1. The van der Waals surface area contributed by atoms with Crippen LogP contribution >= 0.6 is 16.4 Å². The topological polar surface area (TPSA) is 105 Å². The van der Waals surface area contributed by atoms with Crippen molar-refractivity contribution in [2.75, 3.05) is 6.61 Å². The van der Waals surface area contributed by atoms with Crippen molar-refractivity contribution in [1.82, 2.24) is 0 Å². The minimum atomic E-state index is -4.14. The van der Waals surface area contributed by atoms with Crippen molar-refractivity contribution >= 4 is 16.4 Å². The minimum Gasteiger partial charge on any atom is -0.395 e. The molecule has 0 unspecified atom stereocenters. The van der Waals surface area contributed by atoms with E-state index >= 15 is 0 Å². The standard InChI is InChI=1S/C12H11O4P.C10H23O3P/c13-17(14,15-11-7-3-1-4-8-11)16-12-9-5-2-6-10-12;1-2-3-4-5-6-7-8-9-10-13-14(11)12/h1-10H,(H,13,14);11-12H,2-10H2,1H3. The number of unbranched alkanes of at least 4 members (excludes halogenated alkanes) is 7. The summed E-state index contributed by atoms with van der Waals surface area (Å²) in [7, 11) is -6.27. The molecule has 0 aromatic heterocycles. The third kappa shape index (κ3) is 15.9. The summed E-state index contributed by atoms with van der Waals surface area (Å²) in [6, 6.07) is 16.7. The molecule has 9 heteroatoms. The van der Waals surface area contributed by atoms with Gasteiger partial charge in [0, 0.05) is 0 Å². The second-order valence-corrected chi connectivity index (χ2v) is 8.90. The number of phosphoric ester groups is 1. The lowest BCUT2D eigenvalue weighted by Gasteiger charge is -2.13. The Kier molecular flexibility index (Phi) is 15.2. The van der Waals surface area contributed by atoms with E-state index in [0.29, 0.717) is 6.61 Å². The zero-order chi connectivity index (χ0) is 22.8. The molecule has 31 heavy (non-hydrogen) atoms. The fraction of sp³-hybridized carbons (Fsp3) is 0.455. The van der Waals surface area contributed by atoms with Crippen molar-refractivity contribution in [2.24, 2.45) is 0 Å². The van der Waals surface area contributed by atoms with Gasteiger partial charge in [-0.05, 0) is 30.7 Å². The smallest absolute Gasteiger partial charge is 0.395 e. The molecule has 0 bridgehead atoms. The Hall–Kier alpha value is -1.46. The van der Waals surface area contributed by atoms with Crippen LogP contribution in [0.25, 0.3) is 0 Å². The lowest BCUT2D eigenvalue weighted by molar-refractivity contribution is 0.248. The van der Waals surface area contributed by atoms with Crippen LogP contribution in [-0.4, -0.2) is 21.3 Å². The van der Waals surface area contributed by atoms with E-state index in [1.165, 1.54) is 38.5 Å². The molecule has 0 saturated heterocycles. The highest BCUT2D eigenvalue weighted by atomic mass is 31.2. The van der Waals surface area contributed by atoms with E-state index in [1.807, 2.05) is 0 Å². The van der Waals surface area contributed by atoms with Crippen LogP contribution in [0.15, 0.2) is 60.7 Å². The van der Waals surface area contributed by atoms with Crippen LogP contribution in [0.2, 0.25) is 0 Å². The van der Waals surface area contributed by atoms with Gasteiger partial charge in [0.1, 0.15) is 11.5 Å². The maximum Gasteiger partial charge on any atom is 0.584 e. The fourth-order valence-electron chi connectivity index (χ4n) is 2.63. The van der Waals surface area contributed by atoms with Gasteiger partial charge in [0.2, 0.25) is 0 Å². The Balaban J connectivity index is 0.000000318. The summed E-state index contributed by atoms with van der Waals surface area (Å²) in [6.07, 6.45) is 9.94. The first-order chi connectivity index (χ1) is 14.9. The van der Waals surface area contributed by atoms with Crippen molar-refractivity contribution in [3.8, 4) is 11.5 Å². The summed E-state index contributed by atoms with van der Waals surface area (Å²) >= 11 is 0. The van der Waals surface area contributed by atoms with Gasteiger partial charge in [0.25, 0.3) is 0 Å². The SMILES string of the molecule is CCCCCCCCCCOP(O)O.O=P(O)(Oc1ccccc1)Oc1ccccc1. The number of rotatable bonds is 14. The Morgan fingerprint density at radius 1 is 0.742 bits per heavy atom. The molecule has 0 amide bonds. The van der Waals surface area contributed by atoms with Crippen molar-refractivity contribution in [3.63, 3.8) is 0 Å². The van der Waals surface area contributed by atoms with E-state index in [0.717, 1.165) is 12.8 Å². The summed E-state index contributed by atoms with van der Waals surface area (Å²) < 4.78 is 26.1.